The fraction of sp³-hybridized carbons (Fsp3) is 0.455. The van der Waals surface area contributed by atoms with Gasteiger partial charge >= 0.3 is 0 Å². The van der Waals surface area contributed by atoms with Crippen molar-refractivity contribution in [3.05, 3.63) is 46.5 Å². The van der Waals surface area contributed by atoms with Crippen molar-refractivity contribution in [2.45, 2.75) is 25.3 Å². The number of quaternary nitrogens is 1. The van der Waals surface area contributed by atoms with E-state index in [-0.39, 0.29) is 24.0 Å². The van der Waals surface area contributed by atoms with E-state index in [2.05, 4.69) is 31.3 Å². The number of methoxy groups -OCH3 is 2. The molecule has 0 fully saturated rings. The van der Waals surface area contributed by atoms with Gasteiger partial charge in [0.25, 0.3) is 0 Å². The normalized spacial score (nSPS) is 24.2. The molecule has 0 bridgehead atoms. The minimum atomic E-state index is 0. The average Bonchev–Trinajstić information content (AvgIpc) is 3.08. The molecule has 0 saturated carbocycles. The zero-order chi connectivity index (χ0) is 18.6. The molecule has 0 radical (unpaired) electrons. The zero-order valence-corrected chi connectivity index (χ0v) is 18.7. The first-order chi connectivity index (χ1) is 13.1. The van der Waals surface area contributed by atoms with Crippen LogP contribution in [0.15, 0.2) is 24.3 Å². The van der Waals surface area contributed by atoms with Gasteiger partial charge in [0.2, 0.25) is 6.79 Å². The number of hydrogen-bond acceptors (Lipinski definition) is 4. The van der Waals surface area contributed by atoms with Crippen LogP contribution in [0.1, 0.15) is 28.3 Å². The molecular weight excluding hydrogens is 469 g/mol. The van der Waals surface area contributed by atoms with Crippen molar-refractivity contribution in [3.8, 4) is 23.0 Å². The van der Waals surface area contributed by atoms with Crippen molar-refractivity contribution in [3.63, 3.8) is 0 Å². The number of hydrogen-bond donors (Lipinski definition) is 0. The second-order valence-corrected chi connectivity index (χ2v) is 8.03. The SMILES string of the molecule is COc1cc2c(cc1OC)C1Cc3cc4c(cc3CC[N+]1(C)CC2)OCO4.[I-]. The molecule has 0 aromatic heterocycles. The van der Waals surface area contributed by atoms with Crippen LogP contribution in [-0.2, 0) is 19.3 Å². The maximum absolute atomic E-state index is 5.64. The first-order valence-corrected chi connectivity index (χ1v) is 9.62. The summed E-state index contributed by atoms with van der Waals surface area (Å²) in [6.45, 7) is 2.61. The van der Waals surface area contributed by atoms with E-state index < -0.39 is 0 Å². The lowest BCUT2D eigenvalue weighted by Crippen LogP contribution is -3.00. The van der Waals surface area contributed by atoms with E-state index in [1.165, 1.54) is 22.3 Å². The molecule has 0 aliphatic carbocycles. The van der Waals surface area contributed by atoms with Crippen LogP contribution < -0.4 is 42.9 Å². The summed E-state index contributed by atoms with van der Waals surface area (Å²) in [5, 5.41) is 0. The second-order valence-electron chi connectivity index (χ2n) is 8.03. The van der Waals surface area contributed by atoms with Gasteiger partial charge in [0.15, 0.2) is 23.0 Å². The summed E-state index contributed by atoms with van der Waals surface area (Å²) >= 11 is 0. The van der Waals surface area contributed by atoms with Crippen LogP contribution in [-0.4, -0.2) is 45.6 Å². The van der Waals surface area contributed by atoms with Crippen LogP contribution in [0.2, 0.25) is 0 Å². The van der Waals surface area contributed by atoms with E-state index in [0.717, 1.165) is 59.8 Å². The summed E-state index contributed by atoms with van der Waals surface area (Å²) in [4.78, 5) is 0. The minimum absolute atomic E-state index is 0. The number of nitrogens with zero attached hydrogens (tertiary/aromatic N) is 1. The van der Waals surface area contributed by atoms with Gasteiger partial charge in [0.05, 0.1) is 34.4 Å². The van der Waals surface area contributed by atoms with Crippen LogP contribution >= 0.6 is 0 Å². The predicted octanol–water partition coefficient (Wildman–Crippen LogP) is 0.279. The third kappa shape index (κ3) is 3.01. The second kappa shape index (κ2) is 7.30. The molecular formula is C22H26INO4. The van der Waals surface area contributed by atoms with Gasteiger partial charge in [-0.3, -0.25) is 0 Å². The summed E-state index contributed by atoms with van der Waals surface area (Å²) in [5.74, 6) is 3.42. The van der Waals surface area contributed by atoms with Crippen LogP contribution in [0.4, 0.5) is 0 Å². The monoisotopic (exact) mass is 495 g/mol. The van der Waals surface area contributed by atoms with E-state index in [9.17, 15) is 0 Å². The van der Waals surface area contributed by atoms with Crippen molar-refractivity contribution in [1.29, 1.82) is 0 Å². The molecule has 3 heterocycles. The van der Waals surface area contributed by atoms with Gasteiger partial charge in [0, 0.05) is 24.8 Å². The molecule has 2 aromatic rings. The molecule has 0 N–H and O–H groups in total. The zero-order valence-electron chi connectivity index (χ0n) is 16.6. The molecule has 2 unspecified atom stereocenters. The Morgan fingerprint density at radius 3 is 2.14 bits per heavy atom. The van der Waals surface area contributed by atoms with Crippen molar-refractivity contribution in [1.82, 2.24) is 0 Å². The van der Waals surface area contributed by atoms with Gasteiger partial charge in [-0.25, -0.2) is 0 Å². The molecule has 150 valence electrons. The molecule has 2 aromatic carbocycles. The maximum Gasteiger partial charge on any atom is 0.231 e. The summed E-state index contributed by atoms with van der Waals surface area (Å²) in [6.07, 6.45) is 3.15. The van der Waals surface area contributed by atoms with Crippen LogP contribution in [0.5, 0.6) is 23.0 Å². The number of ether oxygens (including phenoxy) is 4. The average molecular weight is 495 g/mol. The largest absolute Gasteiger partial charge is 1.00 e. The number of benzene rings is 2. The van der Waals surface area contributed by atoms with E-state index >= 15 is 0 Å². The summed E-state index contributed by atoms with van der Waals surface area (Å²) in [6, 6.07) is 9.17. The van der Waals surface area contributed by atoms with Crippen molar-refractivity contribution in [2.75, 3.05) is 41.1 Å². The third-order valence-electron chi connectivity index (χ3n) is 6.65. The number of rotatable bonds is 2. The van der Waals surface area contributed by atoms with Gasteiger partial charge in [0.1, 0.15) is 6.04 Å². The lowest BCUT2D eigenvalue weighted by Gasteiger charge is -2.45. The third-order valence-corrected chi connectivity index (χ3v) is 6.65. The lowest BCUT2D eigenvalue weighted by molar-refractivity contribution is -0.940. The number of fused-ring (bicyclic) bond motifs is 5. The molecule has 5 rings (SSSR count). The molecule has 3 aliphatic heterocycles. The highest BCUT2D eigenvalue weighted by Crippen LogP contribution is 2.45. The van der Waals surface area contributed by atoms with Gasteiger partial charge in [-0.1, -0.05) is 0 Å². The molecule has 28 heavy (non-hydrogen) atoms. The van der Waals surface area contributed by atoms with E-state index in [0.29, 0.717) is 12.8 Å². The quantitative estimate of drug-likeness (QED) is 0.444. The molecule has 2 atom stereocenters. The molecule has 6 heteroatoms. The first kappa shape index (κ1) is 19.6. The Bertz CT molecular complexity index is 916. The summed E-state index contributed by atoms with van der Waals surface area (Å²) < 4.78 is 23.4. The van der Waals surface area contributed by atoms with E-state index in [1.807, 2.05) is 0 Å². The minimum Gasteiger partial charge on any atom is -1.00 e. The van der Waals surface area contributed by atoms with Crippen LogP contribution in [0.3, 0.4) is 0 Å². The van der Waals surface area contributed by atoms with Crippen molar-refractivity contribution < 1.29 is 47.4 Å². The Morgan fingerprint density at radius 1 is 0.857 bits per heavy atom. The molecule has 5 nitrogen and oxygen atoms in total. The fourth-order valence-electron chi connectivity index (χ4n) is 4.96. The van der Waals surface area contributed by atoms with Crippen LogP contribution in [0.25, 0.3) is 0 Å². The Labute approximate surface area is 183 Å². The van der Waals surface area contributed by atoms with Gasteiger partial charge in [-0.2, -0.15) is 0 Å². The molecule has 0 spiro atoms. The Balaban J connectivity index is 0.00000192. The van der Waals surface area contributed by atoms with Gasteiger partial charge in [-0.15, -0.1) is 0 Å². The Kier molecular flexibility index (Phi) is 5.12. The van der Waals surface area contributed by atoms with E-state index in [4.69, 9.17) is 18.9 Å². The molecule has 0 amide bonds. The maximum atomic E-state index is 5.64. The van der Waals surface area contributed by atoms with Crippen LogP contribution in [0, 0.1) is 0 Å². The van der Waals surface area contributed by atoms with Gasteiger partial charge in [-0.05, 0) is 41.0 Å². The molecule has 3 aliphatic rings. The fourth-order valence-corrected chi connectivity index (χ4v) is 4.96. The van der Waals surface area contributed by atoms with Crippen molar-refractivity contribution in [2.24, 2.45) is 0 Å². The summed E-state index contributed by atoms with van der Waals surface area (Å²) in [5.41, 5.74) is 5.56. The molecule has 0 saturated heterocycles. The Morgan fingerprint density at radius 2 is 1.46 bits per heavy atom. The Hall–Kier alpha value is -1.67. The topological polar surface area (TPSA) is 36.9 Å². The smallest absolute Gasteiger partial charge is 0.231 e. The van der Waals surface area contributed by atoms with E-state index in [1.54, 1.807) is 14.2 Å². The van der Waals surface area contributed by atoms with Crippen molar-refractivity contribution >= 4 is 0 Å². The highest BCUT2D eigenvalue weighted by molar-refractivity contribution is 5.52. The summed E-state index contributed by atoms with van der Waals surface area (Å²) in [7, 11) is 5.82. The standard InChI is InChI=1S/C22H26NO4.HI/c1-23-6-4-14-9-21-22(27-13-26-21)11-16(14)8-18(23)17-12-20(25-3)19(24-2)10-15(17)5-7-23;/h9-12,18H,4-8,13H2,1-3H3;1H/q+1;/p-1. The van der Waals surface area contributed by atoms with Gasteiger partial charge < -0.3 is 47.4 Å². The number of halogens is 1. The lowest BCUT2D eigenvalue weighted by atomic mass is 9.87. The highest BCUT2D eigenvalue weighted by atomic mass is 127. The predicted molar refractivity (Wildman–Crippen MR) is 102 cm³/mol. The highest BCUT2D eigenvalue weighted by Gasteiger charge is 2.42. The first-order valence-electron chi connectivity index (χ1n) is 9.62. The number of likely N-dealkylation sites (N-methyl/N-ethyl adjacent to an activating group) is 1.